The Kier molecular flexibility index (Phi) is 5.96. The van der Waals surface area contributed by atoms with Crippen LogP contribution < -0.4 is 5.32 Å². The Labute approximate surface area is 138 Å². The highest BCUT2D eigenvalue weighted by molar-refractivity contribution is 6.36. The molecule has 1 saturated heterocycles. The van der Waals surface area contributed by atoms with E-state index in [9.17, 15) is 0 Å². The smallest absolute Gasteiger partial charge is 0.0453 e. The van der Waals surface area contributed by atoms with Crippen LogP contribution in [0.25, 0.3) is 0 Å². The molecule has 4 heteroatoms. The van der Waals surface area contributed by atoms with E-state index in [0.29, 0.717) is 6.04 Å². The maximum Gasteiger partial charge on any atom is 0.0453 e. The van der Waals surface area contributed by atoms with Crippen LogP contribution in [-0.4, -0.2) is 36.6 Å². The normalized spacial score (nSPS) is 18.7. The fourth-order valence-corrected chi connectivity index (χ4v) is 3.88. The van der Waals surface area contributed by atoms with Gasteiger partial charge in [0.1, 0.15) is 0 Å². The van der Waals surface area contributed by atoms with Crippen molar-refractivity contribution < 1.29 is 0 Å². The van der Waals surface area contributed by atoms with Gasteiger partial charge in [-0.3, -0.25) is 4.90 Å². The minimum atomic E-state index is 0.0810. The highest BCUT2D eigenvalue weighted by Crippen LogP contribution is 2.30. The van der Waals surface area contributed by atoms with Crippen LogP contribution in [0.15, 0.2) is 18.2 Å². The van der Waals surface area contributed by atoms with Crippen LogP contribution in [0.3, 0.4) is 0 Å². The van der Waals surface area contributed by atoms with E-state index in [0.717, 1.165) is 22.0 Å². The van der Waals surface area contributed by atoms with Gasteiger partial charge in [-0.15, -0.1) is 0 Å². The standard InChI is InChI=1S/C17H26Cl2N2/c1-17(2,21-10-5-4-6-11-21)16(20-3)12-13-14(18)8-7-9-15(13)19/h7-9,16,20H,4-6,10-12H2,1-3H3. The van der Waals surface area contributed by atoms with Crippen LogP contribution in [0.5, 0.6) is 0 Å². The quantitative estimate of drug-likeness (QED) is 0.862. The van der Waals surface area contributed by atoms with E-state index in [-0.39, 0.29) is 5.54 Å². The van der Waals surface area contributed by atoms with Gasteiger partial charge in [-0.1, -0.05) is 35.7 Å². The van der Waals surface area contributed by atoms with Crippen molar-refractivity contribution >= 4 is 23.2 Å². The second kappa shape index (κ2) is 7.32. The third-order valence-corrected chi connectivity index (χ3v) is 5.55. The van der Waals surface area contributed by atoms with Gasteiger partial charge >= 0.3 is 0 Å². The van der Waals surface area contributed by atoms with E-state index in [2.05, 4.69) is 24.1 Å². The van der Waals surface area contributed by atoms with E-state index < -0.39 is 0 Å². The van der Waals surface area contributed by atoms with Gasteiger partial charge in [0.25, 0.3) is 0 Å². The lowest BCUT2D eigenvalue weighted by atomic mass is 9.86. The molecule has 1 atom stereocenters. The number of hydrogen-bond donors (Lipinski definition) is 1. The van der Waals surface area contributed by atoms with Crippen LogP contribution >= 0.6 is 23.2 Å². The Balaban J connectivity index is 2.18. The molecule has 2 nitrogen and oxygen atoms in total. The van der Waals surface area contributed by atoms with Gasteiger partial charge in [0.2, 0.25) is 0 Å². The third kappa shape index (κ3) is 3.92. The Bertz CT molecular complexity index is 448. The minimum absolute atomic E-state index is 0.0810. The van der Waals surface area contributed by atoms with Crippen LogP contribution in [0.1, 0.15) is 38.7 Å². The summed E-state index contributed by atoms with van der Waals surface area (Å²) >= 11 is 12.7. The number of likely N-dealkylation sites (tertiary alicyclic amines) is 1. The predicted molar refractivity (Wildman–Crippen MR) is 92.5 cm³/mol. The summed E-state index contributed by atoms with van der Waals surface area (Å²) in [7, 11) is 2.03. The molecular weight excluding hydrogens is 303 g/mol. The van der Waals surface area contributed by atoms with Crippen molar-refractivity contribution in [2.24, 2.45) is 0 Å². The van der Waals surface area contributed by atoms with Crippen LogP contribution in [0, 0.1) is 0 Å². The summed E-state index contributed by atoms with van der Waals surface area (Å²) in [6, 6.07) is 6.05. The molecule has 0 radical (unpaired) electrons. The molecule has 2 rings (SSSR count). The Morgan fingerprint density at radius 3 is 2.24 bits per heavy atom. The van der Waals surface area contributed by atoms with Crippen molar-refractivity contribution in [3.05, 3.63) is 33.8 Å². The van der Waals surface area contributed by atoms with Crippen molar-refractivity contribution in [2.75, 3.05) is 20.1 Å². The number of nitrogens with one attached hydrogen (secondary N) is 1. The Morgan fingerprint density at radius 2 is 1.71 bits per heavy atom. The second-order valence-corrected chi connectivity index (χ2v) is 7.26. The summed E-state index contributed by atoms with van der Waals surface area (Å²) in [6.07, 6.45) is 4.80. The van der Waals surface area contributed by atoms with Crippen molar-refractivity contribution in [3.63, 3.8) is 0 Å². The van der Waals surface area contributed by atoms with Crippen molar-refractivity contribution in [1.82, 2.24) is 10.2 Å². The number of rotatable bonds is 5. The summed E-state index contributed by atoms with van der Waals surface area (Å²) in [5, 5.41) is 5.01. The first-order valence-corrected chi connectivity index (χ1v) is 8.57. The first-order valence-electron chi connectivity index (χ1n) is 7.82. The highest BCUT2D eigenvalue weighted by atomic mass is 35.5. The Hall–Kier alpha value is -0.280. The fraction of sp³-hybridized carbons (Fsp3) is 0.647. The molecule has 0 aliphatic carbocycles. The molecule has 1 unspecified atom stereocenters. The summed E-state index contributed by atoms with van der Waals surface area (Å²) in [5.41, 5.74) is 1.13. The van der Waals surface area contributed by atoms with Gasteiger partial charge < -0.3 is 5.32 Å². The molecule has 1 aromatic carbocycles. The first-order chi connectivity index (χ1) is 9.96. The van der Waals surface area contributed by atoms with Gasteiger partial charge in [-0.2, -0.15) is 0 Å². The average Bonchev–Trinajstić information content (AvgIpc) is 2.47. The molecule has 1 aromatic rings. The van der Waals surface area contributed by atoms with Gasteiger partial charge in [0.05, 0.1) is 0 Å². The van der Waals surface area contributed by atoms with Crippen LogP contribution in [-0.2, 0) is 6.42 Å². The number of halogens is 2. The molecule has 0 aromatic heterocycles. The SMILES string of the molecule is CNC(Cc1c(Cl)cccc1Cl)C(C)(C)N1CCCCC1. The van der Waals surface area contributed by atoms with E-state index in [4.69, 9.17) is 23.2 Å². The van der Waals surface area contributed by atoms with Crippen molar-refractivity contribution in [3.8, 4) is 0 Å². The Morgan fingerprint density at radius 1 is 1.14 bits per heavy atom. The zero-order chi connectivity index (χ0) is 15.5. The molecule has 0 bridgehead atoms. The summed E-state index contributed by atoms with van der Waals surface area (Å²) in [5.74, 6) is 0. The monoisotopic (exact) mass is 328 g/mol. The molecule has 1 heterocycles. The molecule has 0 spiro atoms. The number of likely N-dealkylation sites (N-methyl/N-ethyl adjacent to an activating group) is 1. The molecule has 1 fully saturated rings. The topological polar surface area (TPSA) is 15.3 Å². The van der Waals surface area contributed by atoms with Gasteiger partial charge in [0.15, 0.2) is 0 Å². The summed E-state index contributed by atoms with van der Waals surface area (Å²) in [4.78, 5) is 2.60. The highest BCUT2D eigenvalue weighted by Gasteiger charge is 2.35. The fourth-order valence-electron chi connectivity index (χ4n) is 3.33. The molecule has 0 saturated carbocycles. The molecule has 1 aliphatic heterocycles. The van der Waals surface area contributed by atoms with E-state index >= 15 is 0 Å². The van der Waals surface area contributed by atoms with Gasteiger partial charge in [-0.05, 0) is 70.9 Å². The van der Waals surface area contributed by atoms with Crippen molar-refractivity contribution in [2.45, 2.75) is 51.1 Å². The summed E-state index contributed by atoms with van der Waals surface area (Å²) < 4.78 is 0. The predicted octanol–water partition coefficient (Wildman–Crippen LogP) is 4.39. The van der Waals surface area contributed by atoms with E-state index in [1.807, 2.05) is 25.2 Å². The number of benzene rings is 1. The summed E-state index contributed by atoms with van der Waals surface area (Å²) in [6.45, 7) is 7.01. The van der Waals surface area contributed by atoms with Crippen LogP contribution in [0.2, 0.25) is 10.0 Å². The zero-order valence-electron chi connectivity index (χ0n) is 13.3. The molecule has 1 aliphatic rings. The number of nitrogens with zero attached hydrogens (tertiary/aromatic N) is 1. The van der Waals surface area contributed by atoms with Crippen LogP contribution in [0.4, 0.5) is 0 Å². The zero-order valence-corrected chi connectivity index (χ0v) is 14.8. The molecule has 1 N–H and O–H groups in total. The van der Waals surface area contributed by atoms with Gasteiger partial charge in [-0.25, -0.2) is 0 Å². The molecule has 0 amide bonds. The molecule has 118 valence electrons. The lowest BCUT2D eigenvalue weighted by molar-refractivity contribution is 0.0636. The maximum absolute atomic E-state index is 6.34. The largest absolute Gasteiger partial charge is 0.315 e. The minimum Gasteiger partial charge on any atom is -0.315 e. The number of piperidine rings is 1. The first kappa shape index (κ1) is 17.1. The lowest BCUT2D eigenvalue weighted by Gasteiger charge is -2.46. The average molecular weight is 329 g/mol. The third-order valence-electron chi connectivity index (χ3n) is 4.84. The van der Waals surface area contributed by atoms with Gasteiger partial charge in [0, 0.05) is 21.6 Å². The molecular formula is C17H26Cl2N2. The number of hydrogen-bond acceptors (Lipinski definition) is 2. The molecule has 21 heavy (non-hydrogen) atoms. The van der Waals surface area contributed by atoms with E-state index in [1.165, 1.54) is 32.4 Å². The van der Waals surface area contributed by atoms with E-state index in [1.54, 1.807) is 0 Å². The maximum atomic E-state index is 6.34. The van der Waals surface area contributed by atoms with Crippen molar-refractivity contribution in [1.29, 1.82) is 0 Å². The lowest BCUT2D eigenvalue weighted by Crippen LogP contribution is -2.59. The second-order valence-electron chi connectivity index (χ2n) is 6.45.